The molecule has 2 fully saturated rings. The summed E-state index contributed by atoms with van der Waals surface area (Å²) in [5, 5.41) is 2.57. The van der Waals surface area contributed by atoms with Crippen molar-refractivity contribution in [2.24, 2.45) is 5.92 Å². The molecular weight excluding hydrogens is 468 g/mol. The predicted octanol–water partition coefficient (Wildman–Crippen LogP) is 1.17. The Morgan fingerprint density at radius 3 is 2.15 bits per heavy atom. The van der Waals surface area contributed by atoms with Crippen LogP contribution in [0.4, 0.5) is 0 Å². The lowest BCUT2D eigenvalue weighted by Gasteiger charge is -2.31. The first-order valence-corrected chi connectivity index (χ1v) is 14.3. The van der Waals surface area contributed by atoms with E-state index in [9.17, 15) is 26.4 Å². The largest absolute Gasteiger partial charge is 0.455 e. The molecule has 1 aromatic carbocycles. The van der Waals surface area contributed by atoms with E-state index in [0.29, 0.717) is 24.2 Å². The monoisotopic (exact) mass is 500 g/mol. The highest BCUT2D eigenvalue weighted by Gasteiger charge is 2.35. The van der Waals surface area contributed by atoms with Crippen LogP contribution in [-0.4, -0.2) is 70.3 Å². The summed E-state index contributed by atoms with van der Waals surface area (Å²) in [6.45, 7) is 7.32. The van der Waals surface area contributed by atoms with Gasteiger partial charge >= 0.3 is 5.97 Å². The minimum Gasteiger partial charge on any atom is -0.455 e. The average molecular weight is 501 g/mol. The smallest absolute Gasteiger partial charge is 0.309 e. The van der Waals surface area contributed by atoms with Crippen molar-refractivity contribution in [3.8, 4) is 0 Å². The molecule has 0 radical (unpaired) electrons. The molecule has 2 aliphatic heterocycles. The van der Waals surface area contributed by atoms with Gasteiger partial charge in [-0.1, -0.05) is 6.07 Å². The molecule has 2 aliphatic rings. The average Bonchev–Trinajstić information content (AvgIpc) is 3.08. The number of sulfonamides is 1. The highest BCUT2D eigenvalue weighted by molar-refractivity contribution is 7.91. The summed E-state index contributed by atoms with van der Waals surface area (Å²) in [6.07, 6.45) is 0.973. The van der Waals surface area contributed by atoms with Crippen LogP contribution in [0, 0.1) is 33.6 Å². The topological polar surface area (TPSA) is 127 Å². The number of amides is 1. The summed E-state index contributed by atoms with van der Waals surface area (Å²) in [7, 11) is -6.81. The van der Waals surface area contributed by atoms with E-state index in [1.165, 1.54) is 4.31 Å². The number of esters is 1. The van der Waals surface area contributed by atoms with Crippen molar-refractivity contribution >= 4 is 31.7 Å². The normalized spacial score (nSPS) is 21.6. The fourth-order valence-electron chi connectivity index (χ4n) is 4.46. The number of hydrogen-bond donors (Lipinski definition) is 1. The molecule has 1 aromatic rings. The molecule has 2 saturated heterocycles. The molecule has 1 atom stereocenters. The number of hydrogen-bond acceptors (Lipinski definition) is 7. The van der Waals surface area contributed by atoms with Gasteiger partial charge in [0.05, 0.1) is 22.3 Å². The third-order valence-corrected chi connectivity index (χ3v) is 10.6. The number of ether oxygens (including phenoxy) is 1. The van der Waals surface area contributed by atoms with Gasteiger partial charge in [0, 0.05) is 19.1 Å². The van der Waals surface area contributed by atoms with E-state index in [0.717, 1.165) is 22.3 Å². The number of carbonyl (C=O) groups is 2. The Balaban J connectivity index is 1.54. The lowest BCUT2D eigenvalue weighted by molar-refractivity contribution is -0.153. The van der Waals surface area contributed by atoms with Crippen molar-refractivity contribution < 1.29 is 31.2 Å². The number of sulfone groups is 1. The third kappa shape index (κ3) is 5.75. The Kier molecular flexibility index (Phi) is 7.55. The molecule has 0 aromatic heterocycles. The van der Waals surface area contributed by atoms with Gasteiger partial charge in [-0.2, -0.15) is 4.31 Å². The quantitative estimate of drug-likeness (QED) is 0.581. The zero-order valence-electron chi connectivity index (χ0n) is 19.5. The molecule has 9 nitrogen and oxygen atoms in total. The maximum atomic E-state index is 13.3. The Labute approximate surface area is 195 Å². The van der Waals surface area contributed by atoms with Gasteiger partial charge in [0.2, 0.25) is 10.0 Å². The number of nitrogens with zero attached hydrogens (tertiary/aromatic N) is 1. The Morgan fingerprint density at radius 1 is 1.06 bits per heavy atom. The Hall–Kier alpha value is -1.98. The molecule has 1 N–H and O–H groups in total. The van der Waals surface area contributed by atoms with Gasteiger partial charge in [-0.15, -0.1) is 0 Å². The van der Waals surface area contributed by atoms with Gasteiger partial charge < -0.3 is 10.1 Å². The molecule has 0 unspecified atom stereocenters. The molecule has 0 spiro atoms. The van der Waals surface area contributed by atoms with Gasteiger partial charge in [0.15, 0.2) is 16.4 Å². The number of carbonyl (C=O) groups excluding carboxylic acids is 2. The minimum absolute atomic E-state index is 0.0420. The van der Waals surface area contributed by atoms with E-state index >= 15 is 0 Å². The molecule has 11 heteroatoms. The van der Waals surface area contributed by atoms with Crippen LogP contribution in [0.2, 0.25) is 0 Å². The van der Waals surface area contributed by atoms with E-state index in [1.54, 1.807) is 0 Å². The number of aryl methyl sites for hydroxylation is 2. The number of piperidine rings is 1. The summed E-state index contributed by atoms with van der Waals surface area (Å²) in [4.78, 5) is 24.7. The van der Waals surface area contributed by atoms with Crippen LogP contribution in [0.25, 0.3) is 0 Å². The van der Waals surface area contributed by atoms with Gasteiger partial charge in [0.25, 0.3) is 5.91 Å². The lowest BCUT2D eigenvalue weighted by atomic mass is 9.98. The standard InChI is InChI=1S/C22H32N2O7S2/c1-14-11-15(2)17(4)21(16(14)3)33(29,30)24-8-5-18(6-9-24)22(26)31-12-20(25)23-19-7-10-32(27,28)13-19/h11,18-19H,5-10,12-13H2,1-4H3,(H,23,25)/t19-/m0/s1. The number of nitrogens with one attached hydrogen (secondary N) is 1. The van der Waals surface area contributed by atoms with Crippen LogP contribution in [0.3, 0.4) is 0 Å². The first-order chi connectivity index (χ1) is 15.3. The molecule has 0 aliphatic carbocycles. The second-order valence-electron chi connectivity index (χ2n) is 9.04. The number of rotatable bonds is 6. The first-order valence-electron chi connectivity index (χ1n) is 11.1. The zero-order valence-corrected chi connectivity index (χ0v) is 21.1. The van der Waals surface area contributed by atoms with Crippen molar-refractivity contribution in [1.29, 1.82) is 0 Å². The molecule has 33 heavy (non-hydrogen) atoms. The van der Waals surface area contributed by atoms with Crippen LogP contribution < -0.4 is 5.32 Å². The SMILES string of the molecule is Cc1cc(C)c(C)c(S(=O)(=O)N2CCC(C(=O)OCC(=O)N[C@H]3CCS(=O)(=O)C3)CC2)c1C. The summed E-state index contributed by atoms with van der Waals surface area (Å²) in [6, 6.07) is 1.53. The van der Waals surface area contributed by atoms with Crippen LogP contribution in [0.15, 0.2) is 11.0 Å². The third-order valence-electron chi connectivity index (χ3n) is 6.63. The van der Waals surface area contributed by atoms with Crippen LogP contribution in [0.5, 0.6) is 0 Å². The summed E-state index contributed by atoms with van der Waals surface area (Å²) in [5.41, 5.74) is 3.31. The number of benzene rings is 1. The molecule has 184 valence electrons. The van der Waals surface area contributed by atoms with E-state index in [1.807, 2.05) is 33.8 Å². The summed E-state index contributed by atoms with van der Waals surface area (Å²) in [5.74, 6) is -1.62. The predicted molar refractivity (Wildman–Crippen MR) is 123 cm³/mol. The molecule has 0 bridgehead atoms. The first kappa shape index (κ1) is 25.6. The van der Waals surface area contributed by atoms with E-state index < -0.39 is 50.3 Å². The summed E-state index contributed by atoms with van der Waals surface area (Å²) >= 11 is 0. The highest BCUT2D eigenvalue weighted by atomic mass is 32.2. The van der Waals surface area contributed by atoms with Crippen molar-refractivity contribution in [3.63, 3.8) is 0 Å². The fraction of sp³-hybridized carbons (Fsp3) is 0.636. The second-order valence-corrected chi connectivity index (χ2v) is 13.1. The van der Waals surface area contributed by atoms with E-state index in [4.69, 9.17) is 4.74 Å². The van der Waals surface area contributed by atoms with Crippen molar-refractivity contribution in [3.05, 3.63) is 28.3 Å². The summed E-state index contributed by atoms with van der Waals surface area (Å²) < 4.78 is 56.2. The lowest BCUT2D eigenvalue weighted by Crippen LogP contribution is -2.42. The minimum atomic E-state index is -3.70. The van der Waals surface area contributed by atoms with E-state index in [-0.39, 0.29) is 24.6 Å². The molecule has 1 amide bonds. The van der Waals surface area contributed by atoms with E-state index in [2.05, 4.69) is 5.32 Å². The molecular formula is C22H32N2O7S2. The molecule has 0 saturated carbocycles. The highest BCUT2D eigenvalue weighted by Crippen LogP contribution is 2.31. The maximum Gasteiger partial charge on any atom is 0.309 e. The molecule has 3 rings (SSSR count). The molecule has 2 heterocycles. The van der Waals surface area contributed by atoms with Gasteiger partial charge in [-0.05, 0) is 69.2 Å². The van der Waals surface area contributed by atoms with Crippen LogP contribution >= 0.6 is 0 Å². The van der Waals surface area contributed by atoms with Crippen molar-refractivity contribution in [1.82, 2.24) is 9.62 Å². The second kappa shape index (κ2) is 9.71. The van der Waals surface area contributed by atoms with Crippen LogP contribution in [-0.2, 0) is 34.2 Å². The van der Waals surface area contributed by atoms with Gasteiger partial charge in [0.1, 0.15) is 0 Å². The van der Waals surface area contributed by atoms with Crippen molar-refractivity contribution in [2.45, 2.75) is 57.9 Å². The zero-order chi connectivity index (χ0) is 24.6. The van der Waals surface area contributed by atoms with Gasteiger partial charge in [-0.3, -0.25) is 9.59 Å². The Morgan fingerprint density at radius 2 is 1.64 bits per heavy atom. The maximum absolute atomic E-state index is 13.3. The Bertz CT molecular complexity index is 1130. The van der Waals surface area contributed by atoms with Crippen LogP contribution in [0.1, 0.15) is 41.5 Å². The van der Waals surface area contributed by atoms with Crippen molar-refractivity contribution in [2.75, 3.05) is 31.2 Å². The van der Waals surface area contributed by atoms with Gasteiger partial charge in [-0.25, -0.2) is 16.8 Å². The fourth-order valence-corrected chi connectivity index (χ4v) is 8.18.